The number of aromatic nitrogens is 2. The maximum absolute atomic E-state index is 13.6. The van der Waals surface area contributed by atoms with Crippen LogP contribution < -0.4 is 4.90 Å². The van der Waals surface area contributed by atoms with Crippen LogP contribution >= 0.6 is 0 Å². The summed E-state index contributed by atoms with van der Waals surface area (Å²) < 4.78 is 7.34. The molecule has 1 aromatic heterocycles. The van der Waals surface area contributed by atoms with Gasteiger partial charge in [-0.1, -0.05) is 25.1 Å². The molecule has 0 aliphatic heterocycles. The number of methoxy groups -OCH3 is 1. The molecule has 0 aliphatic carbocycles. The van der Waals surface area contributed by atoms with Crippen molar-refractivity contribution in [2.45, 2.75) is 53.6 Å². The minimum Gasteiger partial charge on any atom is -0.383 e. The maximum atomic E-state index is 13.6. The van der Waals surface area contributed by atoms with E-state index in [1.54, 1.807) is 13.4 Å². The first-order valence-corrected chi connectivity index (χ1v) is 10.2. The van der Waals surface area contributed by atoms with Crippen molar-refractivity contribution < 1.29 is 9.53 Å². The molecule has 0 saturated carbocycles. The molecule has 3 aromatic rings. The van der Waals surface area contributed by atoms with Gasteiger partial charge in [0.05, 0.1) is 35.7 Å². The van der Waals surface area contributed by atoms with Gasteiger partial charge < -0.3 is 14.2 Å². The van der Waals surface area contributed by atoms with Crippen LogP contribution in [0.2, 0.25) is 0 Å². The van der Waals surface area contributed by atoms with Crippen molar-refractivity contribution in [1.29, 1.82) is 0 Å². The summed E-state index contributed by atoms with van der Waals surface area (Å²) in [6.07, 6.45) is 2.63. The van der Waals surface area contributed by atoms with E-state index in [0.717, 1.165) is 28.7 Å². The molecule has 1 amide bonds. The van der Waals surface area contributed by atoms with Crippen molar-refractivity contribution in [3.05, 3.63) is 58.9 Å². The van der Waals surface area contributed by atoms with Crippen LogP contribution in [0.25, 0.3) is 11.0 Å². The molecule has 5 nitrogen and oxygen atoms in total. The summed E-state index contributed by atoms with van der Waals surface area (Å²) in [5.74, 6) is 0.0380. The lowest BCUT2D eigenvalue weighted by Gasteiger charge is -2.32. The molecule has 0 aliphatic rings. The van der Waals surface area contributed by atoms with Gasteiger partial charge in [-0.3, -0.25) is 4.79 Å². The van der Waals surface area contributed by atoms with Crippen LogP contribution in [0.15, 0.2) is 36.7 Å². The lowest BCUT2D eigenvalue weighted by molar-refractivity contribution is -0.119. The van der Waals surface area contributed by atoms with Crippen LogP contribution in [0.4, 0.5) is 5.69 Å². The molecule has 1 atom stereocenters. The van der Waals surface area contributed by atoms with E-state index in [4.69, 9.17) is 4.74 Å². The minimum atomic E-state index is -0.0716. The Morgan fingerprint density at radius 3 is 2.59 bits per heavy atom. The second kappa shape index (κ2) is 8.78. The molecule has 0 fully saturated rings. The largest absolute Gasteiger partial charge is 0.383 e. The summed E-state index contributed by atoms with van der Waals surface area (Å²) in [5.41, 5.74) is 7.58. The number of benzene rings is 2. The van der Waals surface area contributed by atoms with Crippen LogP contribution in [-0.2, 0) is 22.5 Å². The predicted octanol–water partition coefficient (Wildman–Crippen LogP) is 4.59. The van der Waals surface area contributed by atoms with Crippen LogP contribution in [-0.4, -0.2) is 35.2 Å². The number of para-hydroxylation sites is 1. The second-order valence-corrected chi connectivity index (χ2v) is 7.80. The van der Waals surface area contributed by atoms with Crippen molar-refractivity contribution in [3.8, 4) is 0 Å². The summed E-state index contributed by atoms with van der Waals surface area (Å²) >= 11 is 0. The number of hydrogen-bond donors (Lipinski definition) is 0. The first-order valence-electron chi connectivity index (χ1n) is 10.2. The average Bonchev–Trinajstić information content (AvgIpc) is 3.05. The van der Waals surface area contributed by atoms with Crippen LogP contribution in [0, 0.1) is 20.8 Å². The zero-order valence-electron chi connectivity index (χ0n) is 18.3. The molecule has 1 heterocycles. The van der Waals surface area contributed by atoms with Crippen molar-refractivity contribution in [2.24, 2.45) is 0 Å². The average molecular weight is 394 g/mol. The standard InChI is InChI=1S/C24H31N3O2/c1-7-20-10-8-9-16(2)24(20)27(19(5)14-29-6)23(28)13-26-15-25-21-11-17(3)18(4)12-22(21)26/h8-12,15,19H,7,13-14H2,1-6H3. The number of ether oxygens (including phenoxy) is 1. The predicted molar refractivity (Wildman–Crippen MR) is 119 cm³/mol. The van der Waals surface area contributed by atoms with Crippen LogP contribution in [0.3, 0.4) is 0 Å². The molecule has 154 valence electrons. The van der Waals surface area contributed by atoms with Gasteiger partial charge in [-0.05, 0) is 68.5 Å². The van der Waals surface area contributed by atoms with E-state index in [1.165, 1.54) is 16.7 Å². The number of hydrogen-bond acceptors (Lipinski definition) is 3. The Bertz CT molecular complexity index is 1020. The van der Waals surface area contributed by atoms with Crippen molar-refractivity contribution in [2.75, 3.05) is 18.6 Å². The Kier molecular flexibility index (Phi) is 6.38. The number of carbonyl (C=O) groups is 1. The number of fused-ring (bicyclic) bond motifs is 1. The van der Waals surface area contributed by atoms with Crippen LogP contribution in [0.1, 0.15) is 36.1 Å². The second-order valence-electron chi connectivity index (χ2n) is 7.80. The number of imidazole rings is 1. The quantitative estimate of drug-likeness (QED) is 0.590. The summed E-state index contributed by atoms with van der Waals surface area (Å²) in [6.45, 7) is 11.1. The SMILES string of the molecule is CCc1cccc(C)c1N(C(=O)Cn1cnc2cc(C)c(C)cc21)C(C)COC. The van der Waals surface area contributed by atoms with Gasteiger partial charge in [0.1, 0.15) is 6.54 Å². The Labute approximate surface area is 173 Å². The van der Waals surface area contributed by atoms with E-state index >= 15 is 0 Å². The van der Waals surface area contributed by atoms with Crippen molar-refractivity contribution in [3.63, 3.8) is 0 Å². The molecule has 1 unspecified atom stereocenters. The highest BCUT2D eigenvalue weighted by Gasteiger charge is 2.26. The van der Waals surface area contributed by atoms with E-state index in [2.05, 4.69) is 63.0 Å². The van der Waals surface area contributed by atoms with Crippen LogP contribution in [0.5, 0.6) is 0 Å². The van der Waals surface area contributed by atoms with Crippen molar-refractivity contribution >= 4 is 22.6 Å². The number of aryl methyl sites for hydroxylation is 4. The smallest absolute Gasteiger partial charge is 0.247 e. The highest BCUT2D eigenvalue weighted by atomic mass is 16.5. The topological polar surface area (TPSA) is 47.4 Å². The van der Waals surface area contributed by atoms with E-state index in [0.29, 0.717) is 6.61 Å². The molecule has 29 heavy (non-hydrogen) atoms. The van der Waals surface area contributed by atoms with E-state index in [-0.39, 0.29) is 18.5 Å². The Balaban J connectivity index is 2.02. The lowest BCUT2D eigenvalue weighted by Crippen LogP contribution is -2.44. The number of carbonyl (C=O) groups excluding carboxylic acids is 1. The van der Waals surface area contributed by atoms with E-state index in [1.807, 2.05) is 16.4 Å². The highest BCUT2D eigenvalue weighted by Crippen LogP contribution is 2.29. The maximum Gasteiger partial charge on any atom is 0.247 e. The molecular formula is C24H31N3O2. The Morgan fingerprint density at radius 1 is 1.17 bits per heavy atom. The Morgan fingerprint density at radius 2 is 1.90 bits per heavy atom. The number of anilines is 1. The first-order chi connectivity index (χ1) is 13.9. The van der Waals surface area contributed by atoms with E-state index < -0.39 is 0 Å². The molecule has 0 N–H and O–H groups in total. The summed E-state index contributed by atoms with van der Waals surface area (Å²) in [5, 5.41) is 0. The third kappa shape index (κ3) is 4.20. The minimum absolute atomic E-state index is 0.0380. The molecule has 0 bridgehead atoms. The lowest BCUT2D eigenvalue weighted by atomic mass is 10.0. The zero-order valence-corrected chi connectivity index (χ0v) is 18.3. The fraction of sp³-hybridized carbons (Fsp3) is 0.417. The summed E-state index contributed by atoms with van der Waals surface area (Å²) in [7, 11) is 1.67. The summed E-state index contributed by atoms with van der Waals surface area (Å²) in [4.78, 5) is 20.0. The Hall–Kier alpha value is -2.66. The normalized spacial score (nSPS) is 12.3. The molecule has 5 heteroatoms. The van der Waals surface area contributed by atoms with Gasteiger partial charge in [-0.15, -0.1) is 0 Å². The van der Waals surface area contributed by atoms with E-state index in [9.17, 15) is 4.79 Å². The highest BCUT2D eigenvalue weighted by molar-refractivity contribution is 5.96. The fourth-order valence-corrected chi connectivity index (χ4v) is 3.92. The number of rotatable bonds is 7. The molecule has 3 rings (SSSR count). The van der Waals surface area contributed by atoms with Gasteiger partial charge in [0.2, 0.25) is 5.91 Å². The third-order valence-corrected chi connectivity index (χ3v) is 5.60. The van der Waals surface area contributed by atoms with Crippen molar-refractivity contribution in [1.82, 2.24) is 9.55 Å². The third-order valence-electron chi connectivity index (χ3n) is 5.60. The monoisotopic (exact) mass is 393 g/mol. The zero-order chi connectivity index (χ0) is 21.1. The van der Waals surface area contributed by atoms with Gasteiger partial charge in [0, 0.05) is 7.11 Å². The van der Waals surface area contributed by atoms with Gasteiger partial charge in [0.15, 0.2) is 0 Å². The van der Waals surface area contributed by atoms with Gasteiger partial charge in [0.25, 0.3) is 0 Å². The molecule has 0 radical (unpaired) electrons. The number of nitrogens with zero attached hydrogens (tertiary/aromatic N) is 3. The van der Waals surface area contributed by atoms with Gasteiger partial charge in [-0.25, -0.2) is 4.98 Å². The van der Waals surface area contributed by atoms with Gasteiger partial charge >= 0.3 is 0 Å². The summed E-state index contributed by atoms with van der Waals surface area (Å²) in [6, 6.07) is 10.3. The molecular weight excluding hydrogens is 362 g/mol. The number of amides is 1. The first kappa shape index (κ1) is 21.1. The molecule has 0 saturated heterocycles. The fourth-order valence-electron chi connectivity index (χ4n) is 3.92. The van der Waals surface area contributed by atoms with Gasteiger partial charge in [-0.2, -0.15) is 0 Å². The molecule has 2 aromatic carbocycles. The molecule has 0 spiro atoms.